The maximum Gasteiger partial charge on any atom is 0.339 e. The first-order chi connectivity index (χ1) is 11.0. The number of nitrogens with zero attached hydrogens (tertiary/aromatic N) is 1. The van der Waals surface area contributed by atoms with E-state index in [1.165, 1.54) is 6.20 Å². The standard InChI is InChI=1S/C17H14BrN3O2/c18-11-3-6-15-13(7-11)16(14(9-20-15)17(22)23)21-8-10-1-4-12(19)5-2-10/h1-7,9H,8,19H2,(H,20,21)(H,22,23). The number of benzene rings is 2. The van der Waals surface area contributed by atoms with Gasteiger partial charge in [-0.1, -0.05) is 28.1 Å². The lowest BCUT2D eigenvalue weighted by molar-refractivity contribution is 0.0697. The molecule has 4 N–H and O–H groups in total. The van der Waals surface area contributed by atoms with Crippen LogP contribution in [-0.4, -0.2) is 16.1 Å². The molecule has 1 heterocycles. The number of fused-ring (bicyclic) bond motifs is 1. The van der Waals surface area contributed by atoms with Gasteiger partial charge in [0.25, 0.3) is 0 Å². The van der Waals surface area contributed by atoms with Gasteiger partial charge in [-0.05, 0) is 35.9 Å². The first-order valence-electron chi connectivity index (χ1n) is 6.94. The Kier molecular flexibility index (Phi) is 4.16. The molecule has 0 spiro atoms. The van der Waals surface area contributed by atoms with Gasteiger partial charge in [-0.25, -0.2) is 4.79 Å². The summed E-state index contributed by atoms with van der Waals surface area (Å²) >= 11 is 3.42. The van der Waals surface area contributed by atoms with E-state index in [0.717, 1.165) is 20.9 Å². The van der Waals surface area contributed by atoms with Gasteiger partial charge in [-0.3, -0.25) is 4.98 Å². The van der Waals surface area contributed by atoms with Gasteiger partial charge in [-0.2, -0.15) is 0 Å². The second-order valence-corrected chi connectivity index (χ2v) is 6.02. The number of carbonyl (C=O) groups is 1. The molecular formula is C17H14BrN3O2. The van der Waals surface area contributed by atoms with E-state index in [0.29, 0.717) is 17.9 Å². The Morgan fingerprint density at radius 3 is 2.65 bits per heavy atom. The van der Waals surface area contributed by atoms with Gasteiger partial charge in [-0.15, -0.1) is 0 Å². The zero-order valence-corrected chi connectivity index (χ0v) is 13.7. The minimum Gasteiger partial charge on any atom is -0.478 e. The molecule has 0 aliphatic rings. The average Bonchev–Trinajstić information content (AvgIpc) is 2.53. The number of nitrogens with one attached hydrogen (secondary N) is 1. The van der Waals surface area contributed by atoms with Crippen LogP contribution in [0.2, 0.25) is 0 Å². The van der Waals surface area contributed by atoms with Crippen LogP contribution in [0.5, 0.6) is 0 Å². The number of hydrogen-bond acceptors (Lipinski definition) is 4. The van der Waals surface area contributed by atoms with E-state index in [4.69, 9.17) is 5.73 Å². The van der Waals surface area contributed by atoms with Crippen molar-refractivity contribution < 1.29 is 9.90 Å². The van der Waals surface area contributed by atoms with Crippen molar-refractivity contribution in [3.63, 3.8) is 0 Å². The Morgan fingerprint density at radius 2 is 1.96 bits per heavy atom. The van der Waals surface area contributed by atoms with E-state index in [2.05, 4.69) is 26.2 Å². The summed E-state index contributed by atoms with van der Waals surface area (Å²) in [6, 6.07) is 13.0. The predicted octanol–water partition coefficient (Wildman–Crippen LogP) is 3.89. The van der Waals surface area contributed by atoms with Crippen LogP contribution >= 0.6 is 15.9 Å². The summed E-state index contributed by atoms with van der Waals surface area (Å²) in [5, 5.41) is 13.4. The molecule has 116 valence electrons. The third-order valence-electron chi connectivity index (χ3n) is 3.51. The third-order valence-corrected chi connectivity index (χ3v) is 4.00. The Morgan fingerprint density at radius 1 is 1.22 bits per heavy atom. The van der Waals surface area contributed by atoms with Crippen molar-refractivity contribution in [1.82, 2.24) is 4.98 Å². The van der Waals surface area contributed by atoms with Crippen molar-refractivity contribution >= 4 is 44.2 Å². The molecule has 23 heavy (non-hydrogen) atoms. The molecule has 0 bridgehead atoms. The molecular weight excluding hydrogens is 358 g/mol. The lowest BCUT2D eigenvalue weighted by Gasteiger charge is -2.13. The molecule has 0 unspecified atom stereocenters. The van der Waals surface area contributed by atoms with Gasteiger partial charge >= 0.3 is 5.97 Å². The van der Waals surface area contributed by atoms with E-state index >= 15 is 0 Å². The van der Waals surface area contributed by atoms with Gasteiger partial charge in [0.1, 0.15) is 5.56 Å². The maximum absolute atomic E-state index is 11.5. The number of hydrogen-bond donors (Lipinski definition) is 3. The highest BCUT2D eigenvalue weighted by Crippen LogP contribution is 2.29. The predicted molar refractivity (Wildman–Crippen MR) is 94.6 cm³/mol. The van der Waals surface area contributed by atoms with Crippen LogP contribution in [0, 0.1) is 0 Å². The number of nitrogen functional groups attached to an aromatic ring is 1. The Bertz CT molecular complexity index is 879. The second-order valence-electron chi connectivity index (χ2n) is 5.11. The van der Waals surface area contributed by atoms with E-state index in [-0.39, 0.29) is 5.56 Å². The summed E-state index contributed by atoms with van der Waals surface area (Å²) in [6.45, 7) is 0.492. The van der Waals surface area contributed by atoms with Crippen molar-refractivity contribution in [2.75, 3.05) is 11.1 Å². The van der Waals surface area contributed by atoms with Crippen LogP contribution in [0.4, 0.5) is 11.4 Å². The molecule has 5 nitrogen and oxygen atoms in total. The number of nitrogens with two attached hydrogens (primary N) is 1. The zero-order valence-electron chi connectivity index (χ0n) is 12.1. The van der Waals surface area contributed by atoms with E-state index in [1.807, 2.05) is 42.5 Å². The van der Waals surface area contributed by atoms with Gasteiger partial charge < -0.3 is 16.2 Å². The molecule has 0 saturated heterocycles. The highest BCUT2D eigenvalue weighted by molar-refractivity contribution is 9.10. The zero-order chi connectivity index (χ0) is 16.4. The highest BCUT2D eigenvalue weighted by atomic mass is 79.9. The van der Waals surface area contributed by atoms with Gasteiger partial charge in [0.2, 0.25) is 0 Å². The SMILES string of the molecule is Nc1ccc(CNc2c(C(=O)O)cnc3ccc(Br)cc23)cc1. The summed E-state index contributed by atoms with van der Waals surface area (Å²) < 4.78 is 0.866. The average molecular weight is 372 g/mol. The van der Waals surface area contributed by atoms with Crippen molar-refractivity contribution in [3.05, 3.63) is 64.3 Å². The fourth-order valence-electron chi connectivity index (χ4n) is 2.34. The Balaban J connectivity index is 2.02. The van der Waals surface area contributed by atoms with Crippen molar-refractivity contribution in [2.24, 2.45) is 0 Å². The number of aromatic carboxylic acids is 1. The fourth-order valence-corrected chi connectivity index (χ4v) is 2.70. The number of halogens is 1. The summed E-state index contributed by atoms with van der Waals surface area (Å²) in [5.41, 5.74) is 8.81. The molecule has 0 amide bonds. The van der Waals surface area contributed by atoms with E-state index in [1.54, 1.807) is 0 Å². The van der Waals surface area contributed by atoms with Crippen LogP contribution in [-0.2, 0) is 6.54 Å². The van der Waals surface area contributed by atoms with Crippen molar-refractivity contribution in [3.8, 4) is 0 Å². The Hall–Kier alpha value is -2.60. The first kappa shape index (κ1) is 15.3. The molecule has 0 aliphatic heterocycles. The maximum atomic E-state index is 11.5. The normalized spacial score (nSPS) is 10.7. The third kappa shape index (κ3) is 3.27. The molecule has 0 fully saturated rings. The smallest absolute Gasteiger partial charge is 0.339 e. The summed E-state index contributed by atoms with van der Waals surface area (Å²) in [7, 11) is 0. The monoisotopic (exact) mass is 371 g/mol. The molecule has 0 aliphatic carbocycles. The molecule has 0 radical (unpaired) electrons. The molecule has 3 aromatic rings. The molecule has 1 aromatic heterocycles. The topological polar surface area (TPSA) is 88.2 Å². The highest BCUT2D eigenvalue weighted by Gasteiger charge is 2.14. The van der Waals surface area contributed by atoms with Gasteiger partial charge in [0.15, 0.2) is 0 Å². The molecule has 0 saturated carbocycles. The molecule has 3 rings (SSSR count). The first-order valence-corrected chi connectivity index (χ1v) is 7.74. The number of aromatic nitrogens is 1. The van der Waals surface area contributed by atoms with E-state index in [9.17, 15) is 9.90 Å². The number of carboxylic acid groups (broad SMARTS) is 1. The number of rotatable bonds is 4. The second kappa shape index (κ2) is 6.26. The number of anilines is 2. The van der Waals surface area contributed by atoms with Crippen LogP contribution in [0.15, 0.2) is 53.1 Å². The summed E-state index contributed by atoms with van der Waals surface area (Å²) in [5.74, 6) is -1.01. The lowest BCUT2D eigenvalue weighted by atomic mass is 10.1. The van der Waals surface area contributed by atoms with Gasteiger partial charge in [0, 0.05) is 28.3 Å². The van der Waals surface area contributed by atoms with Gasteiger partial charge in [0.05, 0.1) is 11.2 Å². The van der Waals surface area contributed by atoms with Crippen LogP contribution in [0.25, 0.3) is 10.9 Å². The molecule has 2 aromatic carbocycles. The molecule has 0 atom stereocenters. The van der Waals surface area contributed by atoms with Crippen molar-refractivity contribution in [1.29, 1.82) is 0 Å². The fraction of sp³-hybridized carbons (Fsp3) is 0.0588. The lowest BCUT2D eigenvalue weighted by Crippen LogP contribution is -2.08. The summed E-state index contributed by atoms with van der Waals surface area (Å²) in [6.07, 6.45) is 1.38. The number of pyridine rings is 1. The minimum absolute atomic E-state index is 0.144. The van der Waals surface area contributed by atoms with Crippen molar-refractivity contribution in [2.45, 2.75) is 6.54 Å². The number of carboxylic acids is 1. The quantitative estimate of drug-likeness (QED) is 0.605. The van der Waals surface area contributed by atoms with E-state index < -0.39 is 5.97 Å². The summed E-state index contributed by atoms with van der Waals surface area (Å²) in [4.78, 5) is 15.7. The van der Waals surface area contributed by atoms with Crippen LogP contribution in [0.3, 0.4) is 0 Å². The molecule has 6 heteroatoms. The van der Waals surface area contributed by atoms with Crippen LogP contribution in [0.1, 0.15) is 15.9 Å². The Labute approximate surface area is 141 Å². The van der Waals surface area contributed by atoms with Crippen LogP contribution < -0.4 is 11.1 Å². The largest absolute Gasteiger partial charge is 0.478 e. The minimum atomic E-state index is -1.01.